The molecule has 1 aromatic heterocycles. The summed E-state index contributed by atoms with van der Waals surface area (Å²) in [6, 6.07) is 3.96. The normalized spacial score (nSPS) is 16.4. The van der Waals surface area contributed by atoms with Crippen molar-refractivity contribution in [2.75, 3.05) is 4.72 Å². The molecule has 0 radical (unpaired) electrons. The number of rotatable bonds is 3. The summed E-state index contributed by atoms with van der Waals surface area (Å²) >= 11 is 1.82. The van der Waals surface area contributed by atoms with Gasteiger partial charge in [0, 0.05) is 23.3 Å². The zero-order valence-corrected chi connectivity index (χ0v) is 6.97. The number of nitrogens with zero attached hydrogens (tertiary/aromatic N) is 1. The Bertz CT molecular complexity index is 221. The third kappa shape index (κ3) is 2.12. The zero-order valence-electron chi connectivity index (χ0n) is 6.16. The van der Waals surface area contributed by atoms with Gasteiger partial charge >= 0.3 is 0 Å². The van der Waals surface area contributed by atoms with Crippen molar-refractivity contribution in [3.05, 3.63) is 24.5 Å². The smallest absolute Gasteiger partial charge is 0.0470 e. The maximum Gasteiger partial charge on any atom is 0.0470 e. The Morgan fingerprint density at radius 2 is 2.09 bits per heavy atom. The molecule has 0 aliphatic heterocycles. The lowest BCUT2D eigenvalue weighted by Gasteiger charge is -2.01. The highest BCUT2D eigenvalue weighted by Crippen LogP contribution is 2.34. The monoisotopic (exact) mass is 166 g/mol. The molecule has 1 fully saturated rings. The van der Waals surface area contributed by atoms with E-state index >= 15 is 0 Å². The minimum Gasteiger partial charge on any atom is -0.329 e. The summed E-state index contributed by atoms with van der Waals surface area (Å²) in [5.41, 5.74) is 1.15. The number of hydrogen-bond acceptors (Lipinski definition) is 3. The molecule has 0 aromatic carbocycles. The van der Waals surface area contributed by atoms with Crippen LogP contribution in [0.15, 0.2) is 24.5 Å². The average molecular weight is 166 g/mol. The molecule has 0 amide bonds. The SMILES string of the molecule is c1cc(NSC2CC2)ccn1. The second-order valence-electron chi connectivity index (χ2n) is 2.66. The largest absolute Gasteiger partial charge is 0.329 e. The molecule has 3 heteroatoms. The van der Waals surface area contributed by atoms with E-state index in [4.69, 9.17) is 0 Å². The first-order valence-electron chi connectivity index (χ1n) is 3.77. The molecule has 2 nitrogen and oxygen atoms in total. The first kappa shape index (κ1) is 6.98. The second-order valence-corrected chi connectivity index (χ2v) is 3.76. The average Bonchev–Trinajstić information content (AvgIpc) is 2.86. The minimum atomic E-state index is 0.850. The molecule has 1 aromatic rings. The van der Waals surface area contributed by atoms with Crippen molar-refractivity contribution in [3.63, 3.8) is 0 Å². The van der Waals surface area contributed by atoms with Gasteiger partial charge < -0.3 is 4.72 Å². The first-order valence-corrected chi connectivity index (χ1v) is 4.65. The Morgan fingerprint density at radius 3 is 2.73 bits per heavy atom. The number of hydrogen-bond donors (Lipinski definition) is 1. The zero-order chi connectivity index (χ0) is 7.52. The summed E-state index contributed by atoms with van der Waals surface area (Å²) in [7, 11) is 0. The van der Waals surface area contributed by atoms with Gasteiger partial charge in [-0.3, -0.25) is 4.98 Å². The fraction of sp³-hybridized carbons (Fsp3) is 0.375. The van der Waals surface area contributed by atoms with Crippen LogP contribution >= 0.6 is 11.9 Å². The fourth-order valence-corrected chi connectivity index (χ4v) is 1.57. The predicted molar refractivity (Wildman–Crippen MR) is 48.5 cm³/mol. The molecule has 0 atom stereocenters. The van der Waals surface area contributed by atoms with E-state index in [9.17, 15) is 0 Å². The topological polar surface area (TPSA) is 24.9 Å². The molecule has 1 N–H and O–H groups in total. The Kier molecular flexibility index (Phi) is 1.99. The molecule has 0 unspecified atom stereocenters. The molecule has 2 rings (SSSR count). The summed E-state index contributed by atoms with van der Waals surface area (Å²) in [5, 5.41) is 0.850. The minimum absolute atomic E-state index is 0.850. The van der Waals surface area contributed by atoms with Gasteiger partial charge in [0.1, 0.15) is 0 Å². The van der Waals surface area contributed by atoms with Crippen LogP contribution in [0, 0.1) is 0 Å². The van der Waals surface area contributed by atoms with E-state index in [2.05, 4.69) is 9.71 Å². The van der Waals surface area contributed by atoms with Crippen molar-refractivity contribution in [2.45, 2.75) is 18.1 Å². The highest BCUT2D eigenvalue weighted by molar-refractivity contribution is 8.01. The highest BCUT2D eigenvalue weighted by Gasteiger charge is 2.21. The third-order valence-corrected chi connectivity index (χ3v) is 2.71. The standard InChI is InChI=1S/C8H10N2S/c1-2-8(1)11-10-7-3-5-9-6-4-7/h3-6,8H,1-2H2,(H,9,10). The van der Waals surface area contributed by atoms with Gasteiger partial charge in [0.15, 0.2) is 0 Å². The molecular weight excluding hydrogens is 156 g/mol. The molecule has 1 aliphatic rings. The predicted octanol–water partition coefficient (Wildman–Crippen LogP) is 2.30. The van der Waals surface area contributed by atoms with Gasteiger partial charge in [-0.05, 0) is 36.9 Å². The maximum atomic E-state index is 3.94. The van der Waals surface area contributed by atoms with Crippen LogP contribution in [0.4, 0.5) is 5.69 Å². The van der Waals surface area contributed by atoms with Crippen molar-refractivity contribution in [1.82, 2.24) is 4.98 Å². The summed E-state index contributed by atoms with van der Waals surface area (Å²) in [4.78, 5) is 3.94. The van der Waals surface area contributed by atoms with Crippen molar-refractivity contribution >= 4 is 17.6 Å². The number of anilines is 1. The fourth-order valence-electron chi connectivity index (χ4n) is 0.757. The molecule has 1 heterocycles. The van der Waals surface area contributed by atoms with Crippen LogP contribution in [-0.4, -0.2) is 10.2 Å². The van der Waals surface area contributed by atoms with Crippen molar-refractivity contribution in [3.8, 4) is 0 Å². The maximum absolute atomic E-state index is 3.94. The molecule has 11 heavy (non-hydrogen) atoms. The third-order valence-electron chi connectivity index (χ3n) is 1.55. The first-order chi connectivity index (χ1) is 5.45. The number of nitrogens with one attached hydrogen (secondary N) is 1. The molecule has 0 saturated heterocycles. The van der Waals surface area contributed by atoms with E-state index in [0.717, 1.165) is 10.9 Å². The number of aromatic nitrogens is 1. The Labute approximate surface area is 70.5 Å². The number of pyridine rings is 1. The van der Waals surface area contributed by atoms with Crippen LogP contribution in [0.1, 0.15) is 12.8 Å². The van der Waals surface area contributed by atoms with E-state index in [-0.39, 0.29) is 0 Å². The van der Waals surface area contributed by atoms with E-state index in [1.807, 2.05) is 24.1 Å². The van der Waals surface area contributed by atoms with Gasteiger partial charge in [0.25, 0.3) is 0 Å². The lowest BCUT2D eigenvalue weighted by molar-refractivity contribution is 1.33. The van der Waals surface area contributed by atoms with E-state index in [1.165, 1.54) is 12.8 Å². The van der Waals surface area contributed by atoms with Crippen LogP contribution in [0.2, 0.25) is 0 Å². The molecule has 0 bridgehead atoms. The van der Waals surface area contributed by atoms with Gasteiger partial charge in [-0.15, -0.1) is 0 Å². The summed E-state index contributed by atoms with van der Waals surface area (Å²) in [5.74, 6) is 0. The van der Waals surface area contributed by atoms with Gasteiger partial charge in [0.05, 0.1) is 0 Å². The Morgan fingerprint density at radius 1 is 1.36 bits per heavy atom. The quantitative estimate of drug-likeness (QED) is 0.697. The van der Waals surface area contributed by atoms with Crippen LogP contribution in [0.5, 0.6) is 0 Å². The molecule has 1 saturated carbocycles. The van der Waals surface area contributed by atoms with Gasteiger partial charge in [-0.2, -0.15) is 0 Å². The second kappa shape index (κ2) is 3.13. The lowest BCUT2D eigenvalue weighted by atomic mass is 10.4. The van der Waals surface area contributed by atoms with Crippen molar-refractivity contribution in [2.24, 2.45) is 0 Å². The van der Waals surface area contributed by atoms with Gasteiger partial charge in [-0.1, -0.05) is 0 Å². The Hall–Kier alpha value is -0.700. The summed E-state index contributed by atoms with van der Waals surface area (Å²) in [6.45, 7) is 0. The van der Waals surface area contributed by atoms with E-state index in [1.54, 1.807) is 12.4 Å². The summed E-state index contributed by atoms with van der Waals surface area (Å²) in [6.07, 6.45) is 6.33. The molecular formula is C8H10N2S. The van der Waals surface area contributed by atoms with Crippen LogP contribution in [0.25, 0.3) is 0 Å². The van der Waals surface area contributed by atoms with Crippen molar-refractivity contribution in [1.29, 1.82) is 0 Å². The Balaban J connectivity index is 1.85. The highest BCUT2D eigenvalue weighted by atomic mass is 32.2. The lowest BCUT2D eigenvalue weighted by Crippen LogP contribution is -1.87. The van der Waals surface area contributed by atoms with Crippen molar-refractivity contribution < 1.29 is 0 Å². The van der Waals surface area contributed by atoms with E-state index < -0.39 is 0 Å². The molecule has 58 valence electrons. The van der Waals surface area contributed by atoms with Crippen LogP contribution in [-0.2, 0) is 0 Å². The van der Waals surface area contributed by atoms with Crippen LogP contribution < -0.4 is 4.72 Å². The van der Waals surface area contributed by atoms with Gasteiger partial charge in [0.2, 0.25) is 0 Å². The molecule has 0 spiro atoms. The van der Waals surface area contributed by atoms with E-state index in [0.29, 0.717) is 0 Å². The molecule has 1 aliphatic carbocycles. The van der Waals surface area contributed by atoms with Gasteiger partial charge in [-0.25, -0.2) is 0 Å². The summed E-state index contributed by atoms with van der Waals surface area (Å²) < 4.78 is 3.28. The van der Waals surface area contributed by atoms with Crippen LogP contribution in [0.3, 0.4) is 0 Å².